The molecule has 0 unspecified atom stereocenters. The number of likely N-dealkylation sites (tertiary alicyclic amines) is 2. The molecule has 3 fully saturated rings. The fraction of sp³-hybridized carbons (Fsp3) is 0.636. The van der Waals surface area contributed by atoms with Crippen molar-refractivity contribution in [3.63, 3.8) is 0 Å². The zero-order valence-corrected chi connectivity index (χ0v) is 16.4. The number of benzene rings is 1. The number of carbonyl (C=O) groups is 2. The monoisotopic (exact) mass is 369 g/mol. The van der Waals surface area contributed by atoms with E-state index in [4.69, 9.17) is 0 Å². The number of carbonyl (C=O) groups excluding carboxylic acids is 2. The zero-order valence-electron chi connectivity index (χ0n) is 16.4. The molecule has 27 heavy (non-hydrogen) atoms. The van der Waals surface area contributed by atoms with Gasteiger partial charge in [-0.3, -0.25) is 9.59 Å². The van der Waals surface area contributed by atoms with Crippen molar-refractivity contribution in [2.75, 3.05) is 26.2 Å². The Morgan fingerprint density at radius 2 is 2.11 bits per heavy atom. The average molecular weight is 370 g/mol. The standard InChI is InChI=1S/C22H31N3O2/c1-17-4-2-5-18(14-17)15-25-11-3-9-22(21(25)27)10-13-24(16-22)12-8-20(26)23-19-6-7-19/h2,4-5,14,19H,3,6-13,15-16H2,1H3,(H,23,26)/t22-/m0/s1. The summed E-state index contributed by atoms with van der Waals surface area (Å²) in [6.07, 6.45) is 5.80. The number of piperidine rings is 1. The van der Waals surface area contributed by atoms with Gasteiger partial charge in [0, 0.05) is 38.6 Å². The van der Waals surface area contributed by atoms with E-state index in [2.05, 4.69) is 46.3 Å². The molecule has 1 N–H and O–H groups in total. The van der Waals surface area contributed by atoms with Gasteiger partial charge in [-0.1, -0.05) is 29.8 Å². The van der Waals surface area contributed by atoms with Crippen molar-refractivity contribution < 1.29 is 9.59 Å². The third kappa shape index (κ3) is 4.34. The van der Waals surface area contributed by atoms with Crippen molar-refractivity contribution in [3.8, 4) is 0 Å². The lowest BCUT2D eigenvalue weighted by molar-refractivity contribution is -0.146. The van der Waals surface area contributed by atoms with Gasteiger partial charge in [0.15, 0.2) is 0 Å². The summed E-state index contributed by atoms with van der Waals surface area (Å²) in [7, 11) is 0. The molecule has 3 aliphatic rings. The lowest BCUT2D eigenvalue weighted by Crippen LogP contribution is -2.49. The third-order valence-electron chi connectivity index (χ3n) is 6.31. The highest BCUT2D eigenvalue weighted by atomic mass is 16.2. The molecule has 5 nitrogen and oxygen atoms in total. The highest BCUT2D eigenvalue weighted by molar-refractivity contribution is 5.84. The summed E-state index contributed by atoms with van der Waals surface area (Å²) in [5, 5.41) is 3.06. The normalized spacial score (nSPS) is 26.0. The Morgan fingerprint density at radius 3 is 2.89 bits per heavy atom. The Labute approximate surface area is 162 Å². The van der Waals surface area contributed by atoms with Gasteiger partial charge in [0.05, 0.1) is 5.41 Å². The molecule has 0 aromatic heterocycles. The van der Waals surface area contributed by atoms with Crippen molar-refractivity contribution in [2.45, 2.75) is 58.0 Å². The van der Waals surface area contributed by atoms with Gasteiger partial charge in [0.2, 0.25) is 11.8 Å². The highest BCUT2D eigenvalue weighted by Gasteiger charge is 2.48. The first-order valence-electron chi connectivity index (χ1n) is 10.4. The predicted molar refractivity (Wildman–Crippen MR) is 105 cm³/mol. The average Bonchev–Trinajstić information content (AvgIpc) is 3.36. The smallest absolute Gasteiger partial charge is 0.230 e. The molecular weight excluding hydrogens is 338 g/mol. The van der Waals surface area contributed by atoms with Crippen LogP contribution in [0.3, 0.4) is 0 Å². The fourth-order valence-electron chi connectivity index (χ4n) is 4.65. The van der Waals surface area contributed by atoms with E-state index in [0.717, 1.165) is 58.3 Å². The van der Waals surface area contributed by atoms with E-state index in [-0.39, 0.29) is 11.3 Å². The summed E-state index contributed by atoms with van der Waals surface area (Å²) < 4.78 is 0. The number of hydrogen-bond acceptors (Lipinski definition) is 3. The molecule has 4 rings (SSSR count). The Morgan fingerprint density at radius 1 is 1.26 bits per heavy atom. The van der Waals surface area contributed by atoms with Gasteiger partial charge in [-0.2, -0.15) is 0 Å². The van der Waals surface area contributed by atoms with Gasteiger partial charge in [0.1, 0.15) is 0 Å². The number of aryl methyl sites for hydroxylation is 1. The fourth-order valence-corrected chi connectivity index (χ4v) is 4.65. The minimum absolute atomic E-state index is 0.162. The van der Waals surface area contributed by atoms with Crippen LogP contribution in [0.1, 0.15) is 49.7 Å². The minimum Gasteiger partial charge on any atom is -0.353 e. The molecule has 2 heterocycles. The maximum absolute atomic E-state index is 13.3. The Kier molecular flexibility index (Phi) is 5.22. The van der Waals surface area contributed by atoms with Crippen LogP contribution in [0.2, 0.25) is 0 Å². The summed E-state index contributed by atoms with van der Waals surface area (Å²) >= 11 is 0. The summed E-state index contributed by atoms with van der Waals surface area (Å²) in [6, 6.07) is 8.88. The van der Waals surface area contributed by atoms with Gasteiger partial charge in [0.25, 0.3) is 0 Å². The number of nitrogens with zero attached hydrogens (tertiary/aromatic N) is 2. The molecule has 2 amide bonds. The van der Waals surface area contributed by atoms with Crippen LogP contribution < -0.4 is 5.32 Å². The third-order valence-corrected chi connectivity index (χ3v) is 6.31. The second-order valence-corrected chi connectivity index (χ2v) is 8.72. The maximum atomic E-state index is 13.3. The maximum Gasteiger partial charge on any atom is 0.230 e. The zero-order chi connectivity index (χ0) is 18.9. The number of hydrogen-bond donors (Lipinski definition) is 1. The molecule has 1 aromatic rings. The molecule has 2 aliphatic heterocycles. The molecule has 146 valence electrons. The van der Waals surface area contributed by atoms with E-state index in [1.54, 1.807) is 0 Å². The van der Waals surface area contributed by atoms with Crippen LogP contribution in [0, 0.1) is 12.3 Å². The summed E-state index contributed by atoms with van der Waals surface area (Å²) in [5.74, 6) is 0.481. The Balaban J connectivity index is 1.33. The van der Waals surface area contributed by atoms with Crippen LogP contribution in [-0.4, -0.2) is 53.8 Å². The van der Waals surface area contributed by atoms with Crippen molar-refractivity contribution in [1.29, 1.82) is 0 Å². The van der Waals surface area contributed by atoms with Gasteiger partial charge in [-0.05, 0) is 51.1 Å². The molecular formula is C22H31N3O2. The second-order valence-electron chi connectivity index (χ2n) is 8.72. The quantitative estimate of drug-likeness (QED) is 0.838. The molecule has 2 saturated heterocycles. The molecule has 1 aromatic carbocycles. The summed E-state index contributed by atoms with van der Waals surface area (Å²) in [5.41, 5.74) is 2.23. The summed E-state index contributed by atoms with van der Waals surface area (Å²) in [4.78, 5) is 29.6. The predicted octanol–water partition coefficient (Wildman–Crippen LogP) is 2.48. The van der Waals surface area contributed by atoms with Crippen molar-refractivity contribution in [1.82, 2.24) is 15.1 Å². The Bertz CT molecular complexity index is 715. The molecule has 0 bridgehead atoms. The van der Waals surface area contributed by atoms with Crippen molar-refractivity contribution >= 4 is 11.8 Å². The number of rotatable bonds is 6. The second kappa shape index (κ2) is 7.63. The first kappa shape index (κ1) is 18.5. The molecule has 1 saturated carbocycles. The number of nitrogens with one attached hydrogen (secondary N) is 1. The van der Waals surface area contributed by atoms with E-state index in [1.807, 2.05) is 0 Å². The van der Waals surface area contributed by atoms with Crippen LogP contribution in [-0.2, 0) is 16.1 Å². The van der Waals surface area contributed by atoms with E-state index in [9.17, 15) is 9.59 Å². The highest BCUT2D eigenvalue weighted by Crippen LogP contribution is 2.40. The van der Waals surface area contributed by atoms with Gasteiger partial charge in [-0.25, -0.2) is 0 Å². The van der Waals surface area contributed by atoms with Crippen LogP contribution in [0.4, 0.5) is 0 Å². The molecule has 1 aliphatic carbocycles. The molecule has 1 spiro atoms. The van der Waals surface area contributed by atoms with Crippen LogP contribution in [0.15, 0.2) is 24.3 Å². The largest absolute Gasteiger partial charge is 0.353 e. The van der Waals surface area contributed by atoms with E-state index in [1.165, 1.54) is 11.1 Å². The lowest BCUT2D eigenvalue weighted by atomic mass is 9.78. The van der Waals surface area contributed by atoms with E-state index in [0.29, 0.717) is 24.9 Å². The molecule has 0 radical (unpaired) electrons. The first-order valence-corrected chi connectivity index (χ1v) is 10.4. The van der Waals surface area contributed by atoms with Crippen molar-refractivity contribution in [3.05, 3.63) is 35.4 Å². The van der Waals surface area contributed by atoms with Crippen molar-refractivity contribution in [2.24, 2.45) is 5.41 Å². The van der Waals surface area contributed by atoms with E-state index < -0.39 is 0 Å². The van der Waals surface area contributed by atoms with Gasteiger partial charge < -0.3 is 15.1 Å². The molecule has 5 heteroatoms. The SMILES string of the molecule is Cc1cccc(CN2CCC[C@@]3(CCN(CCC(=O)NC4CC4)C3)C2=O)c1. The van der Waals surface area contributed by atoms with Gasteiger partial charge >= 0.3 is 0 Å². The topological polar surface area (TPSA) is 52.6 Å². The van der Waals surface area contributed by atoms with E-state index >= 15 is 0 Å². The molecule has 1 atom stereocenters. The lowest BCUT2D eigenvalue weighted by Gasteiger charge is -2.39. The first-order chi connectivity index (χ1) is 13.0. The number of amides is 2. The Hall–Kier alpha value is -1.88. The minimum atomic E-state index is -0.227. The van der Waals surface area contributed by atoms with Gasteiger partial charge in [-0.15, -0.1) is 0 Å². The summed E-state index contributed by atoms with van der Waals surface area (Å²) in [6.45, 7) is 6.18. The van der Waals surface area contributed by atoms with Crippen LogP contribution in [0.25, 0.3) is 0 Å². The van der Waals surface area contributed by atoms with Crippen LogP contribution >= 0.6 is 0 Å². The van der Waals surface area contributed by atoms with Crippen LogP contribution in [0.5, 0.6) is 0 Å².